The van der Waals surface area contributed by atoms with Gasteiger partial charge in [-0.2, -0.15) is 0 Å². The lowest BCUT2D eigenvalue weighted by atomic mass is 10.1. The molecule has 1 aromatic heterocycles. The minimum absolute atomic E-state index is 0.121. The number of carbonyl (C=O) groups is 3. The van der Waals surface area contributed by atoms with Gasteiger partial charge in [0.25, 0.3) is 17.1 Å². The average molecular weight is 417 g/mol. The molecule has 1 fully saturated rings. The van der Waals surface area contributed by atoms with Crippen molar-refractivity contribution in [3.63, 3.8) is 0 Å². The van der Waals surface area contributed by atoms with Gasteiger partial charge in [-0.15, -0.1) is 11.3 Å². The lowest BCUT2D eigenvalue weighted by Crippen LogP contribution is -2.38. The molecule has 0 atom stereocenters. The average Bonchev–Trinajstić information content (AvgIpc) is 3.26. The van der Waals surface area contributed by atoms with Crippen molar-refractivity contribution in [3.8, 4) is 5.75 Å². The van der Waals surface area contributed by atoms with E-state index in [0.29, 0.717) is 10.7 Å². The van der Waals surface area contributed by atoms with Crippen LogP contribution in [0.3, 0.4) is 0 Å². The van der Waals surface area contributed by atoms with Crippen molar-refractivity contribution in [2.45, 2.75) is 13.8 Å². The Bertz CT molecular complexity index is 922. The van der Waals surface area contributed by atoms with Crippen LogP contribution in [0.4, 0.5) is 4.79 Å². The Balaban J connectivity index is 1.46. The van der Waals surface area contributed by atoms with Gasteiger partial charge in [-0.3, -0.25) is 19.3 Å². The third kappa shape index (κ3) is 5.02. The molecule has 2 heterocycles. The van der Waals surface area contributed by atoms with Crippen LogP contribution in [0.15, 0.2) is 40.6 Å². The van der Waals surface area contributed by atoms with Gasteiger partial charge in [0, 0.05) is 18.0 Å². The highest BCUT2D eigenvalue weighted by Gasteiger charge is 2.34. The number of carbonyl (C=O) groups excluding carboxylic acids is 3. The summed E-state index contributed by atoms with van der Waals surface area (Å²) in [6.45, 7) is 4.05. The quantitative estimate of drug-likeness (QED) is 0.698. The summed E-state index contributed by atoms with van der Waals surface area (Å²) in [5, 5.41) is 4.26. The number of thiophene rings is 1. The summed E-state index contributed by atoms with van der Waals surface area (Å²) >= 11 is 2.42. The maximum Gasteiger partial charge on any atom is 0.293 e. The van der Waals surface area contributed by atoms with Gasteiger partial charge in [-0.1, -0.05) is 18.2 Å². The lowest BCUT2D eigenvalue weighted by Gasteiger charge is -2.13. The second-order valence-electron chi connectivity index (χ2n) is 6.26. The fourth-order valence-corrected chi connectivity index (χ4v) is 4.15. The number of rotatable bonds is 7. The van der Waals surface area contributed by atoms with E-state index in [0.717, 1.165) is 32.7 Å². The Labute approximate surface area is 171 Å². The molecule has 0 spiro atoms. The monoisotopic (exact) mass is 416 g/mol. The molecule has 0 aliphatic carbocycles. The van der Waals surface area contributed by atoms with Gasteiger partial charge >= 0.3 is 0 Å². The van der Waals surface area contributed by atoms with Gasteiger partial charge in [0.05, 0.1) is 4.91 Å². The summed E-state index contributed by atoms with van der Waals surface area (Å²) in [6, 6.07) is 9.56. The van der Waals surface area contributed by atoms with Crippen LogP contribution >= 0.6 is 23.1 Å². The molecule has 0 saturated carbocycles. The van der Waals surface area contributed by atoms with E-state index < -0.39 is 0 Å². The second kappa shape index (κ2) is 9.07. The molecule has 1 saturated heterocycles. The zero-order valence-electron chi connectivity index (χ0n) is 15.6. The van der Waals surface area contributed by atoms with Crippen LogP contribution in [-0.4, -0.2) is 41.6 Å². The predicted molar refractivity (Wildman–Crippen MR) is 111 cm³/mol. The molecule has 1 aromatic carbocycles. The minimum atomic E-state index is -0.329. The molecule has 2 aromatic rings. The fraction of sp³-hybridized carbons (Fsp3) is 0.250. The zero-order valence-corrected chi connectivity index (χ0v) is 17.2. The first-order valence-electron chi connectivity index (χ1n) is 8.69. The maximum atomic E-state index is 12.4. The Hall–Kier alpha value is -2.58. The van der Waals surface area contributed by atoms with Crippen molar-refractivity contribution in [1.29, 1.82) is 0 Å². The smallest absolute Gasteiger partial charge is 0.293 e. The molecule has 0 bridgehead atoms. The fourth-order valence-electron chi connectivity index (χ4n) is 2.56. The Morgan fingerprint density at radius 3 is 2.82 bits per heavy atom. The summed E-state index contributed by atoms with van der Waals surface area (Å²) in [6.07, 6.45) is 1.71. The van der Waals surface area contributed by atoms with Crippen LogP contribution < -0.4 is 10.1 Å². The van der Waals surface area contributed by atoms with Crippen LogP contribution in [-0.2, 0) is 9.59 Å². The topological polar surface area (TPSA) is 75.7 Å². The molecular weight excluding hydrogens is 396 g/mol. The second-order valence-corrected chi connectivity index (χ2v) is 8.23. The van der Waals surface area contributed by atoms with Crippen molar-refractivity contribution in [2.75, 3.05) is 19.7 Å². The molecule has 6 nitrogen and oxygen atoms in total. The van der Waals surface area contributed by atoms with Gasteiger partial charge in [-0.05, 0) is 60.3 Å². The van der Waals surface area contributed by atoms with E-state index in [2.05, 4.69) is 5.32 Å². The lowest BCUT2D eigenvalue weighted by molar-refractivity contribution is -0.125. The number of aryl methyl sites for hydroxylation is 2. The molecule has 8 heteroatoms. The largest absolute Gasteiger partial charge is 0.483 e. The zero-order chi connectivity index (χ0) is 20.1. The number of hydrogen-bond acceptors (Lipinski definition) is 6. The molecule has 0 radical (unpaired) electrons. The number of ether oxygens (including phenoxy) is 1. The standard InChI is InChI=1S/C20H20N2O4S2/c1-13-5-6-14(2)16(10-13)26-12-18(23)21-7-8-22-19(24)17(28-20(22)25)11-15-4-3-9-27-15/h3-6,9-11H,7-8,12H2,1-2H3,(H,21,23)/b17-11-. The van der Waals surface area contributed by atoms with Crippen LogP contribution in [0.5, 0.6) is 5.75 Å². The summed E-state index contributed by atoms with van der Waals surface area (Å²) < 4.78 is 5.55. The summed E-state index contributed by atoms with van der Waals surface area (Å²) in [4.78, 5) is 38.9. The van der Waals surface area contributed by atoms with Crippen molar-refractivity contribution in [1.82, 2.24) is 10.2 Å². The molecule has 1 aliphatic heterocycles. The van der Waals surface area contributed by atoms with E-state index in [9.17, 15) is 14.4 Å². The summed E-state index contributed by atoms with van der Waals surface area (Å²) in [7, 11) is 0. The van der Waals surface area contributed by atoms with Crippen LogP contribution in [0, 0.1) is 13.8 Å². The number of benzene rings is 1. The molecule has 1 N–H and O–H groups in total. The van der Waals surface area contributed by atoms with Crippen molar-refractivity contribution < 1.29 is 19.1 Å². The van der Waals surface area contributed by atoms with E-state index in [4.69, 9.17) is 4.74 Å². The number of nitrogens with zero attached hydrogens (tertiary/aromatic N) is 1. The van der Waals surface area contributed by atoms with Gasteiger partial charge in [0.1, 0.15) is 5.75 Å². The molecule has 28 heavy (non-hydrogen) atoms. The number of hydrogen-bond donors (Lipinski definition) is 1. The van der Waals surface area contributed by atoms with E-state index in [1.165, 1.54) is 11.3 Å². The molecule has 1 aliphatic rings. The van der Waals surface area contributed by atoms with Gasteiger partial charge in [-0.25, -0.2) is 0 Å². The van der Waals surface area contributed by atoms with E-state index >= 15 is 0 Å². The van der Waals surface area contributed by atoms with Crippen molar-refractivity contribution in [3.05, 3.63) is 56.6 Å². The Morgan fingerprint density at radius 1 is 1.25 bits per heavy atom. The van der Waals surface area contributed by atoms with E-state index in [1.54, 1.807) is 6.08 Å². The molecule has 0 unspecified atom stereocenters. The number of amides is 3. The summed E-state index contributed by atoms with van der Waals surface area (Å²) in [5.74, 6) is 0.0334. The number of imide groups is 1. The van der Waals surface area contributed by atoms with Crippen molar-refractivity contribution >= 4 is 46.2 Å². The molecular formula is C20H20N2O4S2. The molecule has 3 rings (SSSR count). The summed E-state index contributed by atoms with van der Waals surface area (Å²) in [5.41, 5.74) is 2.00. The van der Waals surface area contributed by atoms with Crippen LogP contribution in [0.2, 0.25) is 0 Å². The van der Waals surface area contributed by atoms with Crippen LogP contribution in [0.1, 0.15) is 16.0 Å². The third-order valence-corrected chi connectivity index (χ3v) is 5.78. The first kappa shape index (κ1) is 20.2. The SMILES string of the molecule is Cc1ccc(C)c(OCC(=O)NCCN2C(=O)S/C(=C\c3cccs3)C2=O)c1. The first-order valence-corrected chi connectivity index (χ1v) is 10.4. The maximum absolute atomic E-state index is 12.4. The third-order valence-electron chi connectivity index (χ3n) is 4.05. The Kier molecular flexibility index (Phi) is 6.53. The minimum Gasteiger partial charge on any atom is -0.483 e. The number of thioether (sulfide) groups is 1. The highest BCUT2D eigenvalue weighted by atomic mass is 32.2. The van der Waals surface area contributed by atoms with Gasteiger partial charge in [0.2, 0.25) is 0 Å². The first-order chi connectivity index (χ1) is 13.4. The molecule has 3 amide bonds. The molecule has 146 valence electrons. The number of nitrogens with one attached hydrogen (secondary N) is 1. The van der Waals surface area contributed by atoms with E-state index in [-0.39, 0.29) is 36.7 Å². The highest BCUT2D eigenvalue weighted by Crippen LogP contribution is 2.32. The highest BCUT2D eigenvalue weighted by molar-refractivity contribution is 8.18. The predicted octanol–water partition coefficient (Wildman–Crippen LogP) is 3.60. The normalized spacial score (nSPS) is 15.4. The van der Waals surface area contributed by atoms with Gasteiger partial charge in [0.15, 0.2) is 6.61 Å². The Morgan fingerprint density at radius 2 is 2.07 bits per heavy atom. The van der Waals surface area contributed by atoms with Gasteiger partial charge < -0.3 is 10.1 Å². The van der Waals surface area contributed by atoms with Crippen molar-refractivity contribution in [2.24, 2.45) is 0 Å². The van der Waals surface area contributed by atoms with Crippen LogP contribution in [0.25, 0.3) is 6.08 Å². The van der Waals surface area contributed by atoms with E-state index in [1.807, 2.05) is 49.6 Å².